The third-order valence-electron chi connectivity index (χ3n) is 2.85. The summed E-state index contributed by atoms with van der Waals surface area (Å²) in [6.07, 6.45) is 0. The molecule has 0 unspecified atom stereocenters. The van der Waals surface area contributed by atoms with Crippen molar-refractivity contribution in [1.29, 1.82) is 0 Å². The van der Waals surface area contributed by atoms with E-state index < -0.39 is 16.7 Å². The molecule has 0 radical (unpaired) electrons. The number of carbonyl (C=O) groups is 2. The minimum atomic E-state index is -1.13. The number of hydrogen-bond donors (Lipinski definition) is 4. The Kier molecular flexibility index (Phi) is 5.13. The van der Waals surface area contributed by atoms with Crippen molar-refractivity contribution in [2.75, 3.05) is 13.6 Å². The van der Waals surface area contributed by atoms with Crippen LogP contribution in [0.2, 0.25) is 0 Å². The molecule has 0 bridgehead atoms. The molecule has 0 aromatic carbocycles. The van der Waals surface area contributed by atoms with Crippen LogP contribution < -0.4 is 16.4 Å². The van der Waals surface area contributed by atoms with Crippen LogP contribution in [0.4, 0.5) is 0 Å². The number of rotatable bonds is 5. The maximum atomic E-state index is 11.9. The lowest BCUT2D eigenvalue weighted by Crippen LogP contribution is -2.50. The molecule has 0 saturated carbocycles. The number of amidine groups is 1. The van der Waals surface area contributed by atoms with Crippen molar-refractivity contribution < 1.29 is 14.8 Å². The molecule has 18 heavy (non-hydrogen) atoms. The molecular weight excluding hydrogens is 236 g/mol. The van der Waals surface area contributed by atoms with E-state index in [0.717, 1.165) is 0 Å². The van der Waals surface area contributed by atoms with Gasteiger partial charge in [-0.1, -0.05) is 5.16 Å². The average Bonchev–Trinajstić information content (AvgIpc) is 2.33. The minimum Gasteiger partial charge on any atom is -0.409 e. The van der Waals surface area contributed by atoms with Gasteiger partial charge in [0.15, 0.2) is 5.84 Å². The van der Waals surface area contributed by atoms with E-state index in [1.54, 1.807) is 13.8 Å². The second-order valence-corrected chi connectivity index (χ2v) is 5.26. The molecule has 0 aliphatic rings. The van der Waals surface area contributed by atoms with Gasteiger partial charge in [-0.05, 0) is 27.7 Å². The Labute approximate surface area is 107 Å². The van der Waals surface area contributed by atoms with E-state index in [4.69, 9.17) is 10.9 Å². The number of amides is 2. The third kappa shape index (κ3) is 3.61. The SMILES string of the molecule is CNC(=O)C(C)(C)CNC(=O)C(C)(C)C(N)=NO. The Hall–Kier alpha value is -1.79. The molecule has 5 N–H and O–H groups in total. The Bertz CT molecular complexity index is 361. The number of hydrogen-bond acceptors (Lipinski definition) is 4. The van der Waals surface area contributed by atoms with Crippen molar-refractivity contribution in [2.45, 2.75) is 27.7 Å². The number of carbonyl (C=O) groups excluding carboxylic acids is 2. The highest BCUT2D eigenvalue weighted by molar-refractivity contribution is 6.06. The fraction of sp³-hybridized carbons (Fsp3) is 0.727. The van der Waals surface area contributed by atoms with Gasteiger partial charge in [-0.3, -0.25) is 9.59 Å². The fourth-order valence-corrected chi connectivity index (χ4v) is 1.18. The van der Waals surface area contributed by atoms with Gasteiger partial charge in [0.05, 0.1) is 5.41 Å². The van der Waals surface area contributed by atoms with Crippen molar-refractivity contribution in [3.8, 4) is 0 Å². The van der Waals surface area contributed by atoms with Crippen molar-refractivity contribution in [3.05, 3.63) is 0 Å². The quantitative estimate of drug-likeness (QED) is 0.233. The van der Waals surface area contributed by atoms with E-state index in [-0.39, 0.29) is 18.3 Å². The van der Waals surface area contributed by atoms with Gasteiger partial charge in [-0.15, -0.1) is 0 Å². The lowest BCUT2D eigenvalue weighted by Gasteiger charge is -2.27. The molecule has 0 spiro atoms. The molecule has 2 amide bonds. The van der Waals surface area contributed by atoms with Crippen LogP contribution in [0, 0.1) is 10.8 Å². The molecule has 0 heterocycles. The number of nitrogens with one attached hydrogen (secondary N) is 2. The van der Waals surface area contributed by atoms with Crippen LogP contribution >= 0.6 is 0 Å². The van der Waals surface area contributed by atoms with Crippen LogP contribution in [0.5, 0.6) is 0 Å². The van der Waals surface area contributed by atoms with Crippen LogP contribution in [0.1, 0.15) is 27.7 Å². The zero-order valence-electron chi connectivity index (χ0n) is 11.5. The topological polar surface area (TPSA) is 117 Å². The highest BCUT2D eigenvalue weighted by atomic mass is 16.4. The smallest absolute Gasteiger partial charge is 0.233 e. The molecule has 0 aromatic heterocycles. The number of nitrogens with zero attached hydrogens (tertiary/aromatic N) is 1. The zero-order chi connectivity index (χ0) is 14.6. The van der Waals surface area contributed by atoms with E-state index >= 15 is 0 Å². The first-order chi connectivity index (χ1) is 8.09. The van der Waals surface area contributed by atoms with Crippen LogP contribution in [-0.2, 0) is 9.59 Å². The van der Waals surface area contributed by atoms with Gasteiger partial charge >= 0.3 is 0 Å². The maximum Gasteiger partial charge on any atom is 0.233 e. The molecule has 0 atom stereocenters. The summed E-state index contributed by atoms with van der Waals surface area (Å²) in [5.41, 5.74) is 3.57. The number of nitrogens with two attached hydrogens (primary N) is 1. The first-order valence-corrected chi connectivity index (χ1v) is 5.58. The van der Waals surface area contributed by atoms with Gasteiger partial charge in [-0.25, -0.2) is 0 Å². The lowest BCUT2D eigenvalue weighted by atomic mass is 9.88. The van der Waals surface area contributed by atoms with Crippen LogP contribution in [0.15, 0.2) is 5.16 Å². The van der Waals surface area contributed by atoms with Gasteiger partial charge < -0.3 is 21.6 Å². The maximum absolute atomic E-state index is 11.9. The first kappa shape index (κ1) is 16.2. The summed E-state index contributed by atoms with van der Waals surface area (Å²) in [5, 5.41) is 16.6. The Morgan fingerprint density at radius 3 is 2.11 bits per heavy atom. The highest BCUT2D eigenvalue weighted by Gasteiger charge is 2.35. The summed E-state index contributed by atoms with van der Waals surface area (Å²) >= 11 is 0. The average molecular weight is 258 g/mol. The van der Waals surface area contributed by atoms with Gasteiger partial charge in [0, 0.05) is 13.6 Å². The Balaban J connectivity index is 4.67. The third-order valence-corrected chi connectivity index (χ3v) is 2.85. The zero-order valence-corrected chi connectivity index (χ0v) is 11.5. The second-order valence-electron chi connectivity index (χ2n) is 5.26. The van der Waals surface area contributed by atoms with Crippen LogP contribution in [-0.4, -0.2) is 36.4 Å². The normalized spacial score (nSPS) is 13.1. The second kappa shape index (κ2) is 5.70. The molecule has 0 aromatic rings. The number of oxime groups is 1. The molecule has 104 valence electrons. The van der Waals surface area contributed by atoms with E-state index in [1.807, 2.05) is 0 Å². The molecule has 0 fully saturated rings. The molecule has 0 rings (SSSR count). The monoisotopic (exact) mass is 258 g/mol. The fourth-order valence-electron chi connectivity index (χ4n) is 1.18. The summed E-state index contributed by atoms with van der Waals surface area (Å²) < 4.78 is 0. The molecular formula is C11H22N4O3. The minimum absolute atomic E-state index is 0.160. The van der Waals surface area contributed by atoms with Crippen molar-refractivity contribution in [3.63, 3.8) is 0 Å². The van der Waals surface area contributed by atoms with Gasteiger partial charge in [-0.2, -0.15) is 0 Å². The molecule has 0 saturated heterocycles. The predicted molar refractivity (Wildman–Crippen MR) is 68.0 cm³/mol. The van der Waals surface area contributed by atoms with Crippen molar-refractivity contribution >= 4 is 17.6 Å². The van der Waals surface area contributed by atoms with Crippen molar-refractivity contribution in [2.24, 2.45) is 21.7 Å². The van der Waals surface area contributed by atoms with Crippen molar-refractivity contribution in [1.82, 2.24) is 10.6 Å². The highest BCUT2D eigenvalue weighted by Crippen LogP contribution is 2.18. The largest absolute Gasteiger partial charge is 0.409 e. The van der Waals surface area contributed by atoms with Gasteiger partial charge in [0.1, 0.15) is 5.41 Å². The first-order valence-electron chi connectivity index (χ1n) is 5.58. The van der Waals surface area contributed by atoms with Crippen LogP contribution in [0.3, 0.4) is 0 Å². The Morgan fingerprint density at radius 1 is 1.22 bits per heavy atom. The van der Waals surface area contributed by atoms with E-state index in [2.05, 4.69) is 15.8 Å². The summed E-state index contributed by atoms with van der Waals surface area (Å²) in [7, 11) is 1.53. The van der Waals surface area contributed by atoms with E-state index in [1.165, 1.54) is 20.9 Å². The van der Waals surface area contributed by atoms with E-state index in [0.29, 0.717) is 0 Å². The lowest BCUT2D eigenvalue weighted by molar-refractivity contribution is -0.130. The molecule has 0 aliphatic carbocycles. The molecule has 7 heteroatoms. The van der Waals surface area contributed by atoms with E-state index in [9.17, 15) is 9.59 Å². The summed E-state index contributed by atoms with van der Waals surface area (Å²) in [5.74, 6) is -0.767. The standard InChI is InChI=1S/C11H22N4O3/c1-10(2,8(16)13-5)6-14-9(17)11(3,4)7(12)15-18/h18H,6H2,1-5H3,(H2,12,15)(H,13,16)(H,14,17). The van der Waals surface area contributed by atoms with Crippen LogP contribution in [0.25, 0.3) is 0 Å². The molecule has 0 aliphatic heterocycles. The van der Waals surface area contributed by atoms with Gasteiger partial charge in [0.25, 0.3) is 0 Å². The molecule has 7 nitrogen and oxygen atoms in total. The summed E-state index contributed by atoms with van der Waals surface area (Å²) in [4.78, 5) is 23.4. The summed E-state index contributed by atoms with van der Waals surface area (Å²) in [6, 6.07) is 0. The predicted octanol–water partition coefficient (Wildman–Crippen LogP) is -0.353. The summed E-state index contributed by atoms with van der Waals surface area (Å²) in [6.45, 7) is 6.65. The van der Waals surface area contributed by atoms with Gasteiger partial charge in [0.2, 0.25) is 11.8 Å². The Morgan fingerprint density at radius 2 is 1.72 bits per heavy atom.